The van der Waals surface area contributed by atoms with Gasteiger partial charge in [-0.1, -0.05) is 15.9 Å². The van der Waals surface area contributed by atoms with Gasteiger partial charge in [0.25, 0.3) is 5.91 Å². The molecule has 22 heavy (non-hydrogen) atoms. The van der Waals surface area contributed by atoms with Crippen molar-refractivity contribution in [2.24, 2.45) is 5.92 Å². The van der Waals surface area contributed by atoms with Gasteiger partial charge < -0.3 is 0 Å². The van der Waals surface area contributed by atoms with E-state index in [1.54, 1.807) is 0 Å². The van der Waals surface area contributed by atoms with Crippen molar-refractivity contribution in [3.05, 3.63) is 34.1 Å². The number of hydrazine groups is 1. The molecule has 0 saturated carbocycles. The fourth-order valence-corrected chi connectivity index (χ4v) is 4.41. The van der Waals surface area contributed by atoms with E-state index in [1.165, 1.54) is 12.1 Å². The molecule has 1 saturated heterocycles. The van der Waals surface area contributed by atoms with Crippen LogP contribution in [0.1, 0.15) is 23.2 Å². The van der Waals surface area contributed by atoms with E-state index in [4.69, 9.17) is 0 Å². The van der Waals surface area contributed by atoms with Crippen molar-refractivity contribution in [1.29, 1.82) is 0 Å². The SMILES string of the molecule is O=C(C[C@@H]1CCS(=O)(=O)C1)NNC(=O)c1ccc(Br)cc1F. The number of amides is 2. The third kappa shape index (κ3) is 4.51. The van der Waals surface area contributed by atoms with E-state index in [0.717, 1.165) is 6.07 Å². The van der Waals surface area contributed by atoms with Crippen molar-refractivity contribution < 1.29 is 22.4 Å². The van der Waals surface area contributed by atoms with E-state index in [0.29, 0.717) is 10.9 Å². The molecule has 0 radical (unpaired) electrons. The lowest BCUT2D eigenvalue weighted by molar-refractivity contribution is -0.122. The Morgan fingerprint density at radius 3 is 2.64 bits per heavy atom. The van der Waals surface area contributed by atoms with E-state index in [-0.39, 0.29) is 29.4 Å². The topological polar surface area (TPSA) is 92.3 Å². The standard InChI is InChI=1S/C13H14BrFN2O4S/c14-9-1-2-10(11(15)6-9)13(19)17-16-12(18)5-8-3-4-22(20,21)7-8/h1-2,6,8H,3-5,7H2,(H,16,18)(H,17,19)/t8-/m0/s1. The second-order valence-electron chi connectivity index (χ2n) is 5.10. The smallest absolute Gasteiger partial charge is 0.272 e. The van der Waals surface area contributed by atoms with Crippen LogP contribution in [0.25, 0.3) is 0 Å². The van der Waals surface area contributed by atoms with Crippen LogP contribution < -0.4 is 10.9 Å². The largest absolute Gasteiger partial charge is 0.273 e. The van der Waals surface area contributed by atoms with Gasteiger partial charge in [-0.25, -0.2) is 12.8 Å². The molecule has 1 heterocycles. The summed E-state index contributed by atoms with van der Waals surface area (Å²) in [5.41, 5.74) is 4.07. The summed E-state index contributed by atoms with van der Waals surface area (Å²) >= 11 is 3.08. The Labute approximate surface area is 135 Å². The van der Waals surface area contributed by atoms with Crippen LogP contribution in [0.5, 0.6) is 0 Å². The molecule has 0 aromatic heterocycles. The Morgan fingerprint density at radius 2 is 2.05 bits per heavy atom. The van der Waals surface area contributed by atoms with Gasteiger partial charge in [-0.3, -0.25) is 20.4 Å². The maximum atomic E-state index is 13.6. The highest BCUT2D eigenvalue weighted by atomic mass is 79.9. The first-order valence-corrected chi connectivity index (χ1v) is 9.13. The van der Waals surface area contributed by atoms with Crippen molar-refractivity contribution >= 4 is 37.6 Å². The summed E-state index contributed by atoms with van der Waals surface area (Å²) in [5.74, 6) is -2.18. The molecule has 1 aliphatic rings. The van der Waals surface area contributed by atoms with Crippen LogP contribution in [0.3, 0.4) is 0 Å². The van der Waals surface area contributed by atoms with E-state index >= 15 is 0 Å². The Hall–Kier alpha value is -1.48. The summed E-state index contributed by atoms with van der Waals surface area (Å²) in [5, 5.41) is 0. The lowest BCUT2D eigenvalue weighted by Gasteiger charge is -2.10. The van der Waals surface area contributed by atoms with Crippen LogP contribution in [-0.2, 0) is 14.6 Å². The Morgan fingerprint density at radius 1 is 1.32 bits per heavy atom. The van der Waals surface area contributed by atoms with Gasteiger partial charge in [-0.15, -0.1) is 0 Å². The monoisotopic (exact) mass is 392 g/mol. The lowest BCUT2D eigenvalue weighted by Crippen LogP contribution is -2.42. The van der Waals surface area contributed by atoms with Crippen molar-refractivity contribution in [2.45, 2.75) is 12.8 Å². The zero-order chi connectivity index (χ0) is 16.3. The third-order valence-corrected chi connectivity index (χ3v) is 5.62. The molecule has 1 aromatic rings. The summed E-state index contributed by atoms with van der Waals surface area (Å²) in [6.45, 7) is 0. The van der Waals surface area contributed by atoms with Gasteiger partial charge in [0.1, 0.15) is 5.82 Å². The Kier molecular flexibility index (Phi) is 5.17. The van der Waals surface area contributed by atoms with E-state index in [9.17, 15) is 22.4 Å². The van der Waals surface area contributed by atoms with Gasteiger partial charge in [0, 0.05) is 10.9 Å². The average molecular weight is 393 g/mol. The minimum absolute atomic E-state index is 0.00231. The van der Waals surface area contributed by atoms with Crippen molar-refractivity contribution in [1.82, 2.24) is 10.9 Å². The first-order valence-electron chi connectivity index (χ1n) is 6.51. The fourth-order valence-electron chi connectivity index (χ4n) is 2.21. The molecule has 120 valence electrons. The van der Waals surface area contributed by atoms with E-state index < -0.39 is 27.5 Å². The van der Waals surface area contributed by atoms with Crippen LogP contribution in [0.2, 0.25) is 0 Å². The zero-order valence-electron chi connectivity index (χ0n) is 11.4. The highest BCUT2D eigenvalue weighted by molar-refractivity contribution is 9.10. The number of carbonyl (C=O) groups excluding carboxylic acids is 2. The van der Waals surface area contributed by atoms with Gasteiger partial charge in [0.2, 0.25) is 5.91 Å². The lowest BCUT2D eigenvalue weighted by atomic mass is 10.1. The molecule has 0 aliphatic carbocycles. The molecule has 1 atom stereocenters. The maximum Gasteiger partial charge on any atom is 0.272 e. The molecule has 0 spiro atoms. The number of hydrogen-bond donors (Lipinski definition) is 2. The highest BCUT2D eigenvalue weighted by Crippen LogP contribution is 2.21. The Bertz CT molecular complexity index is 708. The summed E-state index contributed by atoms with van der Waals surface area (Å²) in [6.07, 6.45) is 0.438. The first kappa shape index (κ1) is 16.9. The second kappa shape index (κ2) is 6.74. The van der Waals surface area contributed by atoms with E-state index in [1.807, 2.05) is 0 Å². The van der Waals surface area contributed by atoms with Gasteiger partial charge >= 0.3 is 0 Å². The summed E-state index contributed by atoms with van der Waals surface area (Å²) in [4.78, 5) is 23.4. The highest BCUT2D eigenvalue weighted by Gasteiger charge is 2.29. The normalized spacial score (nSPS) is 19.6. The molecule has 1 aromatic carbocycles. The van der Waals surface area contributed by atoms with Gasteiger partial charge in [-0.2, -0.15) is 0 Å². The van der Waals surface area contributed by atoms with E-state index in [2.05, 4.69) is 26.8 Å². The molecule has 2 rings (SSSR count). The molecular formula is C13H14BrFN2O4S. The van der Waals surface area contributed by atoms with Crippen molar-refractivity contribution in [2.75, 3.05) is 11.5 Å². The second-order valence-corrected chi connectivity index (χ2v) is 8.24. The van der Waals surface area contributed by atoms with Crippen LogP contribution in [0, 0.1) is 11.7 Å². The molecule has 6 nitrogen and oxygen atoms in total. The van der Waals surface area contributed by atoms with Gasteiger partial charge in [0.05, 0.1) is 17.1 Å². The maximum absolute atomic E-state index is 13.6. The van der Waals surface area contributed by atoms with Gasteiger partial charge in [0.15, 0.2) is 9.84 Å². The summed E-state index contributed by atoms with van der Waals surface area (Å²) in [7, 11) is -3.05. The number of hydrogen-bond acceptors (Lipinski definition) is 4. The molecule has 0 bridgehead atoms. The van der Waals surface area contributed by atoms with Gasteiger partial charge in [-0.05, 0) is 30.5 Å². The van der Waals surface area contributed by atoms with Crippen LogP contribution in [0.15, 0.2) is 22.7 Å². The molecule has 9 heteroatoms. The summed E-state index contributed by atoms with van der Waals surface area (Å²) < 4.78 is 36.6. The number of rotatable bonds is 3. The quantitative estimate of drug-likeness (QED) is 0.755. The molecule has 2 N–H and O–H groups in total. The number of carbonyl (C=O) groups is 2. The average Bonchev–Trinajstić information content (AvgIpc) is 2.75. The number of halogens is 2. The minimum Gasteiger partial charge on any atom is -0.273 e. The Balaban J connectivity index is 1.84. The molecule has 1 fully saturated rings. The molecule has 0 unspecified atom stereocenters. The number of nitrogens with one attached hydrogen (secondary N) is 2. The van der Waals surface area contributed by atoms with Crippen LogP contribution in [0.4, 0.5) is 4.39 Å². The third-order valence-electron chi connectivity index (χ3n) is 3.29. The molecular weight excluding hydrogens is 379 g/mol. The summed E-state index contributed by atoms with van der Waals surface area (Å²) in [6, 6.07) is 3.92. The van der Waals surface area contributed by atoms with Crippen LogP contribution in [-0.4, -0.2) is 31.7 Å². The fraction of sp³-hybridized carbons (Fsp3) is 0.385. The minimum atomic E-state index is -3.05. The molecule has 1 aliphatic heterocycles. The number of benzene rings is 1. The first-order chi connectivity index (χ1) is 10.3. The number of sulfone groups is 1. The molecule has 2 amide bonds. The van der Waals surface area contributed by atoms with Crippen molar-refractivity contribution in [3.63, 3.8) is 0 Å². The van der Waals surface area contributed by atoms with Crippen molar-refractivity contribution in [3.8, 4) is 0 Å². The van der Waals surface area contributed by atoms with Crippen LogP contribution >= 0.6 is 15.9 Å². The predicted molar refractivity (Wildman–Crippen MR) is 81.1 cm³/mol. The zero-order valence-corrected chi connectivity index (χ0v) is 13.8. The predicted octanol–water partition coefficient (Wildman–Crippen LogP) is 1.17.